The van der Waals surface area contributed by atoms with Gasteiger partial charge in [-0.05, 0) is 18.2 Å². The van der Waals surface area contributed by atoms with Gasteiger partial charge in [0.25, 0.3) is 0 Å². The van der Waals surface area contributed by atoms with Crippen LogP contribution in [-0.4, -0.2) is 32.6 Å². The fraction of sp³-hybridized carbons (Fsp3) is 0.273. The van der Waals surface area contributed by atoms with Gasteiger partial charge in [0.2, 0.25) is 10.0 Å². The SMILES string of the molecule is C=CCSc1ccc(S(=O)(=O)N(C)C)cc1N. The molecule has 0 heterocycles. The fourth-order valence-electron chi connectivity index (χ4n) is 1.18. The monoisotopic (exact) mass is 272 g/mol. The molecular weight excluding hydrogens is 256 g/mol. The predicted molar refractivity (Wildman–Crippen MR) is 72.6 cm³/mol. The zero-order valence-electron chi connectivity index (χ0n) is 9.88. The number of rotatable bonds is 5. The molecule has 1 aromatic carbocycles. The molecule has 0 unspecified atom stereocenters. The van der Waals surface area contributed by atoms with E-state index in [2.05, 4.69) is 6.58 Å². The average Bonchev–Trinajstić information content (AvgIpc) is 2.27. The standard InChI is InChI=1S/C11H16N2O2S2/c1-4-7-16-11-6-5-9(8-10(11)12)17(14,15)13(2)3/h4-6,8H,1,7,12H2,2-3H3. The Bertz CT molecular complexity index is 510. The average molecular weight is 272 g/mol. The summed E-state index contributed by atoms with van der Waals surface area (Å²) < 4.78 is 24.9. The Morgan fingerprint density at radius 3 is 2.59 bits per heavy atom. The number of nitrogens with zero attached hydrogens (tertiary/aromatic N) is 1. The van der Waals surface area contributed by atoms with Crippen LogP contribution in [-0.2, 0) is 10.0 Å². The number of anilines is 1. The van der Waals surface area contributed by atoms with Crippen LogP contribution in [0.25, 0.3) is 0 Å². The fourth-order valence-corrected chi connectivity index (χ4v) is 2.80. The molecule has 4 nitrogen and oxygen atoms in total. The number of thioether (sulfide) groups is 1. The lowest BCUT2D eigenvalue weighted by Crippen LogP contribution is -2.22. The van der Waals surface area contributed by atoms with Crippen molar-refractivity contribution < 1.29 is 8.42 Å². The first-order valence-corrected chi connectivity index (χ1v) is 7.38. The van der Waals surface area contributed by atoms with Gasteiger partial charge < -0.3 is 5.73 Å². The van der Waals surface area contributed by atoms with Gasteiger partial charge in [-0.3, -0.25) is 0 Å². The van der Waals surface area contributed by atoms with Gasteiger partial charge in [0.1, 0.15) is 0 Å². The Hall–Kier alpha value is -0.980. The van der Waals surface area contributed by atoms with Gasteiger partial charge in [-0.25, -0.2) is 12.7 Å². The molecule has 0 aliphatic carbocycles. The van der Waals surface area contributed by atoms with Crippen molar-refractivity contribution in [1.82, 2.24) is 4.31 Å². The van der Waals surface area contributed by atoms with E-state index in [9.17, 15) is 8.42 Å². The van der Waals surface area contributed by atoms with Gasteiger partial charge in [-0.1, -0.05) is 6.08 Å². The van der Waals surface area contributed by atoms with Gasteiger partial charge in [0.15, 0.2) is 0 Å². The topological polar surface area (TPSA) is 63.4 Å². The largest absolute Gasteiger partial charge is 0.398 e. The van der Waals surface area contributed by atoms with E-state index in [1.807, 2.05) is 0 Å². The van der Waals surface area contributed by atoms with Crippen LogP contribution in [0, 0.1) is 0 Å². The van der Waals surface area contributed by atoms with Crippen molar-refractivity contribution >= 4 is 27.5 Å². The van der Waals surface area contributed by atoms with Gasteiger partial charge in [-0.15, -0.1) is 18.3 Å². The molecule has 0 spiro atoms. The highest BCUT2D eigenvalue weighted by molar-refractivity contribution is 7.99. The molecule has 0 aliphatic rings. The molecule has 0 radical (unpaired) electrons. The van der Waals surface area contributed by atoms with E-state index in [-0.39, 0.29) is 4.90 Å². The van der Waals surface area contributed by atoms with Crippen molar-refractivity contribution in [3.05, 3.63) is 30.9 Å². The van der Waals surface area contributed by atoms with Crippen LogP contribution in [0.15, 0.2) is 40.6 Å². The molecule has 0 atom stereocenters. The van der Waals surface area contributed by atoms with Crippen molar-refractivity contribution in [2.75, 3.05) is 25.6 Å². The van der Waals surface area contributed by atoms with Crippen LogP contribution in [0.1, 0.15) is 0 Å². The number of sulfonamides is 1. The molecule has 0 aliphatic heterocycles. The number of nitrogen functional groups attached to an aromatic ring is 1. The minimum Gasteiger partial charge on any atom is -0.398 e. The van der Waals surface area contributed by atoms with E-state index in [0.717, 1.165) is 10.6 Å². The molecule has 1 rings (SSSR count). The summed E-state index contributed by atoms with van der Waals surface area (Å²) in [6.07, 6.45) is 1.77. The summed E-state index contributed by atoms with van der Waals surface area (Å²) in [5.74, 6) is 0.740. The smallest absolute Gasteiger partial charge is 0.242 e. The summed E-state index contributed by atoms with van der Waals surface area (Å²) in [4.78, 5) is 1.07. The van der Waals surface area contributed by atoms with Crippen LogP contribution < -0.4 is 5.73 Å². The van der Waals surface area contributed by atoms with Gasteiger partial charge in [-0.2, -0.15) is 0 Å². The van der Waals surface area contributed by atoms with Crippen molar-refractivity contribution in [3.63, 3.8) is 0 Å². The molecule has 0 bridgehead atoms. The molecule has 1 aromatic rings. The molecule has 6 heteroatoms. The maximum Gasteiger partial charge on any atom is 0.242 e. The van der Waals surface area contributed by atoms with Gasteiger partial charge in [0.05, 0.1) is 4.90 Å². The van der Waals surface area contributed by atoms with Crippen molar-refractivity contribution in [1.29, 1.82) is 0 Å². The third kappa shape index (κ3) is 3.24. The maximum atomic E-state index is 11.9. The van der Waals surface area contributed by atoms with E-state index in [0.29, 0.717) is 5.69 Å². The van der Waals surface area contributed by atoms with Crippen molar-refractivity contribution in [2.24, 2.45) is 0 Å². The van der Waals surface area contributed by atoms with Crippen LogP contribution in [0.3, 0.4) is 0 Å². The Balaban J connectivity index is 3.09. The van der Waals surface area contributed by atoms with E-state index in [4.69, 9.17) is 5.73 Å². The maximum absolute atomic E-state index is 11.9. The van der Waals surface area contributed by atoms with Crippen LogP contribution in [0.4, 0.5) is 5.69 Å². The molecule has 0 fully saturated rings. The second kappa shape index (κ2) is 5.57. The summed E-state index contributed by atoms with van der Waals surface area (Å²) in [7, 11) is -0.429. The zero-order chi connectivity index (χ0) is 13.1. The van der Waals surface area contributed by atoms with Crippen molar-refractivity contribution in [3.8, 4) is 0 Å². The first-order chi connectivity index (χ1) is 7.89. The molecule has 94 valence electrons. The summed E-state index contributed by atoms with van der Waals surface area (Å²) in [6.45, 7) is 3.62. The lowest BCUT2D eigenvalue weighted by molar-refractivity contribution is 0.520. The molecule has 2 N–H and O–H groups in total. The highest BCUT2D eigenvalue weighted by Gasteiger charge is 2.17. The number of benzene rings is 1. The van der Waals surface area contributed by atoms with Crippen LogP contribution in [0.2, 0.25) is 0 Å². The molecule has 0 saturated carbocycles. The number of hydrogen-bond donors (Lipinski definition) is 1. The summed E-state index contributed by atoms with van der Waals surface area (Å²) in [5.41, 5.74) is 6.29. The zero-order valence-corrected chi connectivity index (χ0v) is 11.5. The Morgan fingerprint density at radius 2 is 2.12 bits per heavy atom. The van der Waals surface area contributed by atoms with Crippen LogP contribution >= 0.6 is 11.8 Å². The second-order valence-corrected chi connectivity index (χ2v) is 6.80. The Labute approximate surface area is 107 Å². The summed E-state index contributed by atoms with van der Waals surface area (Å²) in [6, 6.07) is 4.78. The minimum atomic E-state index is -3.41. The number of nitrogens with two attached hydrogens (primary N) is 1. The lowest BCUT2D eigenvalue weighted by Gasteiger charge is -2.12. The second-order valence-electron chi connectivity index (χ2n) is 3.59. The van der Waals surface area contributed by atoms with E-state index in [1.165, 1.54) is 36.2 Å². The third-order valence-corrected chi connectivity index (χ3v) is 5.01. The summed E-state index contributed by atoms with van der Waals surface area (Å²) in [5, 5.41) is 0. The normalized spacial score (nSPS) is 11.7. The van der Waals surface area contributed by atoms with Gasteiger partial charge >= 0.3 is 0 Å². The first kappa shape index (κ1) is 14.1. The lowest BCUT2D eigenvalue weighted by atomic mass is 10.3. The van der Waals surface area contributed by atoms with Crippen LogP contribution in [0.5, 0.6) is 0 Å². The molecule has 0 aromatic heterocycles. The quantitative estimate of drug-likeness (QED) is 0.504. The summed E-state index contributed by atoms with van der Waals surface area (Å²) >= 11 is 1.52. The highest BCUT2D eigenvalue weighted by Crippen LogP contribution is 2.28. The predicted octanol–water partition coefficient (Wildman–Crippen LogP) is 1.80. The Kier molecular flexibility index (Phi) is 4.62. The van der Waals surface area contributed by atoms with E-state index < -0.39 is 10.0 Å². The van der Waals surface area contributed by atoms with E-state index in [1.54, 1.807) is 18.2 Å². The minimum absolute atomic E-state index is 0.211. The van der Waals surface area contributed by atoms with E-state index >= 15 is 0 Å². The Morgan fingerprint density at radius 1 is 1.47 bits per heavy atom. The molecule has 17 heavy (non-hydrogen) atoms. The molecular formula is C11H16N2O2S2. The third-order valence-electron chi connectivity index (χ3n) is 2.12. The highest BCUT2D eigenvalue weighted by atomic mass is 32.2. The molecule has 0 saturated heterocycles. The number of hydrogen-bond acceptors (Lipinski definition) is 4. The molecule has 0 amide bonds. The first-order valence-electron chi connectivity index (χ1n) is 4.95. The van der Waals surface area contributed by atoms with Gasteiger partial charge in [0, 0.05) is 30.4 Å². The van der Waals surface area contributed by atoms with Crippen molar-refractivity contribution in [2.45, 2.75) is 9.79 Å².